The molecule has 10 aliphatic heterocycles. The summed E-state index contributed by atoms with van der Waals surface area (Å²) in [4.78, 5) is 45.1. The minimum absolute atomic E-state index is 0.0949. The van der Waals surface area contributed by atoms with E-state index in [1.165, 1.54) is 114 Å². The number of nitrogens with zero attached hydrogens (tertiary/aromatic N) is 5. The van der Waals surface area contributed by atoms with Gasteiger partial charge in [-0.25, -0.2) is 9.59 Å². The van der Waals surface area contributed by atoms with E-state index in [0.29, 0.717) is 35.9 Å². The highest BCUT2D eigenvalue weighted by atomic mass is 16.6. The second kappa shape index (κ2) is 34.3. The smallest absolute Gasteiger partial charge is 0.414 e. The van der Waals surface area contributed by atoms with Crippen molar-refractivity contribution >= 4 is 120 Å². The minimum atomic E-state index is -0.507. The molecule has 6 aromatic carbocycles. The first kappa shape index (κ1) is 71.5. The van der Waals surface area contributed by atoms with Crippen LogP contribution in [0.3, 0.4) is 0 Å². The number of benzene rings is 6. The summed E-state index contributed by atoms with van der Waals surface area (Å²) in [6.07, 6.45) is 12.7. The van der Waals surface area contributed by atoms with Crippen molar-refractivity contribution in [2.45, 2.75) is 84.0 Å². The number of hydrogen-bond donors (Lipinski definition) is 15. The molecule has 0 radical (unpaired) electrons. The van der Waals surface area contributed by atoms with E-state index in [4.69, 9.17) is 43.9 Å². The van der Waals surface area contributed by atoms with E-state index in [1.54, 1.807) is 11.0 Å². The van der Waals surface area contributed by atoms with E-state index in [-0.39, 0.29) is 12.0 Å². The van der Waals surface area contributed by atoms with Crippen LogP contribution in [-0.4, -0.2) is 168 Å². The molecule has 0 spiro atoms. The molecule has 10 heterocycles. The number of hydrogen-bond acceptors (Lipinski definition) is 23. The molecule has 4 saturated heterocycles. The monoisotopic (exact) mass is 1370 g/mol. The molecule has 0 atom stereocenters. The van der Waals surface area contributed by atoms with Gasteiger partial charge in [-0.3, -0.25) is 15.0 Å². The Morgan fingerprint density at radius 1 is 0.410 bits per heavy atom. The Balaban J connectivity index is 0.000000121. The number of nitrogens with one attached hydrogen (secondary N) is 9. The lowest BCUT2D eigenvalue weighted by Gasteiger charge is -2.37. The van der Waals surface area contributed by atoms with E-state index in [1.807, 2.05) is 36.4 Å². The third-order valence-electron chi connectivity index (χ3n) is 19.7. The van der Waals surface area contributed by atoms with Crippen LogP contribution in [0.4, 0.5) is 112 Å². The summed E-state index contributed by atoms with van der Waals surface area (Å²) in [5.74, 6) is -0.0949. The van der Waals surface area contributed by atoms with Crippen molar-refractivity contribution in [3.05, 3.63) is 106 Å². The Morgan fingerprint density at radius 3 is 1.13 bits per heavy atom. The third kappa shape index (κ3) is 17.4. The quantitative estimate of drug-likeness (QED) is 0.0692. The number of carbonyl (C=O) groups excluding carboxylic acids is 3. The first-order chi connectivity index (χ1) is 48.6. The number of piperazine rings is 2. The molecule has 3 amide bonds. The lowest BCUT2D eigenvalue weighted by Crippen LogP contribution is -2.45. The molecular weight excluding hydrogens is 1260 g/mol. The van der Waals surface area contributed by atoms with Crippen molar-refractivity contribution in [2.75, 3.05) is 242 Å². The first-order valence-corrected chi connectivity index (χ1v) is 35.9. The normalized spacial score (nSPS) is 17.8. The van der Waals surface area contributed by atoms with Gasteiger partial charge in [0.1, 0.15) is 6.61 Å². The molecule has 21 N–H and O–H groups in total. The van der Waals surface area contributed by atoms with Crippen LogP contribution in [-0.2, 0) is 57.5 Å². The highest BCUT2D eigenvalue weighted by molar-refractivity contribution is 6.00. The second-order valence-corrected chi connectivity index (χ2v) is 26.7. The molecule has 0 saturated carbocycles. The minimum Gasteiger partial charge on any atom is -0.453 e. The molecular formula is C74H106N20O6. The zero-order valence-corrected chi connectivity index (χ0v) is 58.7. The fourth-order valence-corrected chi connectivity index (χ4v) is 14.5. The maximum absolute atomic E-state index is 11.6. The van der Waals surface area contributed by atoms with Gasteiger partial charge in [-0.05, 0) is 154 Å². The van der Waals surface area contributed by atoms with E-state index < -0.39 is 6.09 Å². The van der Waals surface area contributed by atoms with Gasteiger partial charge in [0, 0.05) is 112 Å². The number of fused-ring (bicyclic) bond motifs is 6. The first-order valence-electron chi connectivity index (χ1n) is 35.9. The van der Waals surface area contributed by atoms with Gasteiger partial charge in [-0.15, -0.1) is 0 Å². The number of likely N-dealkylation sites (N-methyl/N-ethyl adjacent to an activating group) is 1. The van der Waals surface area contributed by atoms with Crippen LogP contribution in [0.5, 0.6) is 0 Å². The van der Waals surface area contributed by atoms with Crippen LogP contribution in [0.1, 0.15) is 78.8 Å². The Kier molecular flexibility index (Phi) is 24.5. The van der Waals surface area contributed by atoms with Gasteiger partial charge >= 0.3 is 12.2 Å². The summed E-state index contributed by atoms with van der Waals surface area (Å²) in [5.41, 5.74) is 61.0. The zero-order valence-electron chi connectivity index (χ0n) is 58.7. The van der Waals surface area contributed by atoms with Crippen LogP contribution in [0.15, 0.2) is 72.8 Å². The van der Waals surface area contributed by atoms with Crippen molar-refractivity contribution in [3.63, 3.8) is 0 Å². The number of morpholine rings is 1. The summed E-state index contributed by atoms with van der Waals surface area (Å²) in [6, 6.07) is 24.2. The lowest BCUT2D eigenvalue weighted by molar-refractivity contribution is -0.114. The molecule has 100 heavy (non-hydrogen) atoms. The predicted octanol–water partition coefficient (Wildman–Crippen LogP) is 8.85. The van der Waals surface area contributed by atoms with Crippen molar-refractivity contribution in [1.29, 1.82) is 0 Å². The van der Waals surface area contributed by atoms with Gasteiger partial charge in [0.05, 0.1) is 129 Å². The number of amides is 3. The van der Waals surface area contributed by atoms with Gasteiger partial charge in [0.25, 0.3) is 0 Å². The Hall–Kier alpha value is -9.79. The van der Waals surface area contributed by atoms with Crippen LogP contribution >= 0.6 is 0 Å². The molecule has 0 unspecified atom stereocenters. The average Bonchev–Trinajstić information content (AvgIpc) is 1.51. The summed E-state index contributed by atoms with van der Waals surface area (Å²) >= 11 is 0. The lowest BCUT2D eigenvalue weighted by atomic mass is 10.0. The summed E-state index contributed by atoms with van der Waals surface area (Å²) in [7, 11) is 3.51. The molecule has 0 aliphatic carbocycles. The molecule has 10 aliphatic rings. The maximum Gasteiger partial charge on any atom is 0.414 e. The van der Waals surface area contributed by atoms with Gasteiger partial charge in [0.15, 0.2) is 0 Å². The van der Waals surface area contributed by atoms with E-state index in [2.05, 4.69) is 110 Å². The largest absolute Gasteiger partial charge is 0.453 e. The number of nitrogens with two attached hydrogens (primary N) is 6. The molecule has 26 heteroatoms. The molecule has 6 aromatic rings. The number of ether oxygens (including phenoxy) is 3. The number of aryl methyl sites for hydroxylation is 6. The predicted molar refractivity (Wildman–Crippen MR) is 413 cm³/mol. The van der Waals surface area contributed by atoms with Crippen LogP contribution in [0, 0.1) is 0 Å². The van der Waals surface area contributed by atoms with Gasteiger partial charge in [-0.2, -0.15) is 0 Å². The molecule has 538 valence electrons. The fraction of sp³-hybridized carbons (Fsp3) is 0.473. The van der Waals surface area contributed by atoms with Gasteiger partial charge in [-0.1, -0.05) is 36.4 Å². The molecule has 0 bridgehead atoms. The number of methoxy groups -OCH3 is 1. The number of nitrogen functional groups attached to an aromatic ring is 6. The van der Waals surface area contributed by atoms with Crippen LogP contribution in [0.25, 0.3) is 0 Å². The second-order valence-electron chi connectivity index (χ2n) is 26.7. The highest BCUT2D eigenvalue weighted by Crippen LogP contribution is 2.43. The van der Waals surface area contributed by atoms with Crippen LogP contribution in [0.2, 0.25) is 0 Å². The van der Waals surface area contributed by atoms with Crippen LogP contribution < -0.4 is 102 Å². The summed E-state index contributed by atoms with van der Waals surface area (Å²) in [5, 5.41) is 29.2. The van der Waals surface area contributed by atoms with E-state index >= 15 is 0 Å². The van der Waals surface area contributed by atoms with Crippen molar-refractivity contribution < 1.29 is 28.6 Å². The standard InChI is InChI=1S/C14H22N4.C13H20N4.C13H19N3O.C12H15N3O2.C11H15N3O2.C11H15N3O/c1-17-7-9-18(10-8-17)14-12(15)5-4-11-3-2-6-16-13(11)14;14-11-4-3-10-2-1-5-16-12(10)13(11)17-8-6-15-7-9-17;14-11-4-3-10-2-1-5-15-12(10)13(11)16-6-8-17-9-7-16;13-9-4-3-8-2-1-5-14-10(8)11(9)15-6-7-17-12(15)16;1-16-11(15)14-10-8(12)5-4-7-3-2-6-13-9(7)10;1-7(15)14-11-9(12)5-4-8-3-2-6-13-10(8)11/h4-5,16H,2-3,6-10,15H2,1H3;3-4,15-16H,1-2,5-9,14H2;3-4,15H,1-2,5-9,14H2;3-4,14H,1-2,5-7,13H2;4-5,13H,2-3,6,12H2,1H3,(H,14,15);4-5,13H,2-3,6,12H2,1H3,(H,14,15). The van der Waals surface area contributed by atoms with Gasteiger partial charge in [0.2, 0.25) is 5.91 Å². The Morgan fingerprint density at radius 2 is 0.750 bits per heavy atom. The summed E-state index contributed by atoms with van der Waals surface area (Å²) in [6.45, 7) is 20.4. The molecule has 0 aromatic heterocycles. The Bertz CT molecular complexity index is 3730. The molecule has 16 rings (SSSR count). The number of rotatable bonds is 6. The van der Waals surface area contributed by atoms with Gasteiger partial charge < -0.3 is 111 Å². The highest BCUT2D eigenvalue weighted by Gasteiger charge is 2.31. The Labute approximate surface area is 588 Å². The number of carbonyl (C=O) groups is 3. The van der Waals surface area contributed by atoms with Crippen molar-refractivity contribution in [2.24, 2.45) is 0 Å². The van der Waals surface area contributed by atoms with Crippen molar-refractivity contribution in [1.82, 2.24) is 10.2 Å². The fourth-order valence-electron chi connectivity index (χ4n) is 14.5. The number of cyclic esters (lactones) is 1. The zero-order chi connectivity index (χ0) is 70.1. The van der Waals surface area contributed by atoms with E-state index in [0.717, 1.165) is 208 Å². The SMILES string of the molecule is CC(=O)Nc1c(N)ccc2c1NCCC2.CN1CCN(c2c(N)ccc3c2NCCC3)CC1.COC(=O)Nc1c(N)ccc2c1NCCC2.Nc1ccc2c(c1N1CCNCC1)NCCC2.Nc1ccc2c(c1N1CCOC1=O)NCCC2.Nc1ccc2c(c1N1CCOCC1)NCCC2. The van der Waals surface area contributed by atoms with E-state index in [9.17, 15) is 14.4 Å². The maximum atomic E-state index is 11.6. The van der Waals surface area contributed by atoms with Crippen molar-refractivity contribution in [3.8, 4) is 0 Å². The summed E-state index contributed by atoms with van der Waals surface area (Å²) < 4.78 is 14.9. The number of anilines is 18. The average molecular weight is 1370 g/mol. The molecule has 26 nitrogen and oxygen atoms in total. The topological polar surface area (TPSA) is 359 Å². The third-order valence-corrected chi connectivity index (χ3v) is 19.7. The molecule has 4 fully saturated rings.